The van der Waals surface area contributed by atoms with E-state index < -0.39 is 0 Å². The number of para-hydroxylation sites is 2. The van der Waals surface area contributed by atoms with E-state index in [1.54, 1.807) is 0 Å². The lowest BCUT2D eigenvalue weighted by atomic mass is 10.1. The summed E-state index contributed by atoms with van der Waals surface area (Å²) in [5.74, 6) is -0.116. The zero-order valence-electron chi connectivity index (χ0n) is 11.8. The normalized spacial score (nSPS) is 10.2. The Morgan fingerprint density at radius 3 is 2.50 bits per heavy atom. The highest BCUT2D eigenvalue weighted by Crippen LogP contribution is 2.26. The Kier molecular flexibility index (Phi) is 4.45. The van der Waals surface area contributed by atoms with E-state index in [4.69, 9.17) is 0 Å². The van der Waals surface area contributed by atoms with Crippen LogP contribution in [0.4, 0.5) is 11.4 Å². The number of hydrogen-bond donors (Lipinski definition) is 1. The molecule has 0 radical (unpaired) electrons. The number of hydrogen-bond acceptors (Lipinski definition) is 2. The van der Waals surface area contributed by atoms with Crippen molar-refractivity contribution in [3.8, 4) is 0 Å². The average molecular weight is 333 g/mol. The Morgan fingerprint density at radius 1 is 1.10 bits per heavy atom. The van der Waals surface area contributed by atoms with Crippen LogP contribution in [0.15, 0.2) is 46.9 Å². The van der Waals surface area contributed by atoms with Crippen LogP contribution in [0.2, 0.25) is 0 Å². The summed E-state index contributed by atoms with van der Waals surface area (Å²) in [7, 11) is 3.90. The predicted molar refractivity (Wildman–Crippen MR) is 87.6 cm³/mol. The van der Waals surface area contributed by atoms with E-state index in [1.807, 2.05) is 68.4 Å². The molecule has 1 N–H and O–H groups in total. The topological polar surface area (TPSA) is 32.3 Å². The van der Waals surface area contributed by atoms with Gasteiger partial charge in [-0.05, 0) is 46.6 Å². The molecule has 0 aliphatic carbocycles. The van der Waals surface area contributed by atoms with Crippen LogP contribution < -0.4 is 10.2 Å². The summed E-state index contributed by atoms with van der Waals surface area (Å²) in [6.45, 7) is 1.97. The number of benzene rings is 2. The molecule has 3 nitrogen and oxygen atoms in total. The fraction of sp³-hybridized carbons (Fsp3) is 0.188. The van der Waals surface area contributed by atoms with Crippen molar-refractivity contribution in [2.24, 2.45) is 0 Å². The highest BCUT2D eigenvalue weighted by atomic mass is 79.9. The maximum atomic E-state index is 12.4. The number of nitrogens with one attached hydrogen (secondary N) is 1. The van der Waals surface area contributed by atoms with Gasteiger partial charge in [-0.1, -0.05) is 24.3 Å². The lowest BCUT2D eigenvalue weighted by Crippen LogP contribution is -2.17. The molecule has 0 heterocycles. The van der Waals surface area contributed by atoms with Crippen LogP contribution in [0.3, 0.4) is 0 Å². The Morgan fingerprint density at radius 2 is 1.80 bits per heavy atom. The number of carbonyl (C=O) groups excluding carboxylic acids is 1. The molecule has 0 aliphatic heterocycles. The quantitative estimate of drug-likeness (QED) is 0.918. The van der Waals surface area contributed by atoms with Crippen molar-refractivity contribution in [3.05, 3.63) is 58.1 Å². The summed E-state index contributed by atoms with van der Waals surface area (Å²) in [4.78, 5) is 14.4. The van der Waals surface area contributed by atoms with Crippen LogP contribution in [0.1, 0.15) is 15.9 Å². The van der Waals surface area contributed by atoms with Gasteiger partial charge in [0, 0.05) is 18.6 Å². The molecule has 0 spiro atoms. The SMILES string of the molecule is Cc1cccc(C(=O)Nc2ccccc2N(C)C)c1Br. The second kappa shape index (κ2) is 6.09. The molecule has 0 bridgehead atoms. The second-order valence-electron chi connectivity index (χ2n) is 4.80. The number of nitrogens with zero attached hydrogens (tertiary/aromatic N) is 1. The van der Waals surface area contributed by atoms with Gasteiger partial charge in [0.05, 0.1) is 16.9 Å². The Hall–Kier alpha value is -1.81. The molecule has 2 rings (SSSR count). The van der Waals surface area contributed by atoms with Crippen LogP contribution in [0.5, 0.6) is 0 Å². The monoisotopic (exact) mass is 332 g/mol. The van der Waals surface area contributed by atoms with Crippen molar-refractivity contribution in [1.82, 2.24) is 0 Å². The predicted octanol–water partition coefficient (Wildman–Crippen LogP) is 4.08. The molecule has 0 aromatic heterocycles. The van der Waals surface area contributed by atoms with E-state index in [0.29, 0.717) is 5.56 Å². The van der Waals surface area contributed by atoms with E-state index in [1.165, 1.54) is 0 Å². The molecule has 2 aromatic rings. The summed E-state index contributed by atoms with van der Waals surface area (Å²) in [5, 5.41) is 2.97. The van der Waals surface area contributed by atoms with Gasteiger partial charge in [-0.15, -0.1) is 0 Å². The zero-order chi connectivity index (χ0) is 14.7. The summed E-state index contributed by atoms with van der Waals surface area (Å²) < 4.78 is 0.833. The van der Waals surface area contributed by atoms with Crippen molar-refractivity contribution >= 4 is 33.2 Å². The van der Waals surface area contributed by atoms with Crippen LogP contribution in [0.25, 0.3) is 0 Å². The first-order valence-electron chi connectivity index (χ1n) is 6.33. The lowest BCUT2D eigenvalue weighted by Gasteiger charge is -2.18. The molecule has 104 valence electrons. The average Bonchev–Trinajstić information content (AvgIpc) is 2.42. The Balaban J connectivity index is 2.31. The minimum Gasteiger partial charge on any atom is -0.376 e. The van der Waals surface area contributed by atoms with Gasteiger partial charge >= 0.3 is 0 Å². The number of anilines is 2. The number of halogens is 1. The maximum absolute atomic E-state index is 12.4. The van der Waals surface area contributed by atoms with Gasteiger partial charge in [-0.2, -0.15) is 0 Å². The molecule has 0 fully saturated rings. The van der Waals surface area contributed by atoms with E-state index >= 15 is 0 Å². The minimum absolute atomic E-state index is 0.116. The second-order valence-corrected chi connectivity index (χ2v) is 5.60. The van der Waals surface area contributed by atoms with Crippen molar-refractivity contribution < 1.29 is 4.79 Å². The highest BCUT2D eigenvalue weighted by molar-refractivity contribution is 9.10. The largest absolute Gasteiger partial charge is 0.376 e. The maximum Gasteiger partial charge on any atom is 0.256 e. The molecule has 0 unspecified atom stereocenters. The molecule has 1 amide bonds. The van der Waals surface area contributed by atoms with Gasteiger partial charge in [-0.25, -0.2) is 0 Å². The van der Waals surface area contributed by atoms with Crippen molar-refractivity contribution in [1.29, 1.82) is 0 Å². The molecule has 0 aliphatic rings. The summed E-state index contributed by atoms with van der Waals surface area (Å²) >= 11 is 3.47. The Bertz CT molecular complexity index is 638. The van der Waals surface area contributed by atoms with Gasteiger partial charge in [0.25, 0.3) is 5.91 Å². The standard InChI is InChI=1S/C16H17BrN2O/c1-11-7-6-8-12(15(11)17)16(20)18-13-9-4-5-10-14(13)19(2)3/h4-10H,1-3H3,(H,18,20). The molecular formula is C16H17BrN2O. The first-order chi connectivity index (χ1) is 9.50. The summed E-state index contributed by atoms with van der Waals surface area (Å²) in [6.07, 6.45) is 0. The molecule has 0 atom stereocenters. The molecule has 20 heavy (non-hydrogen) atoms. The molecule has 2 aromatic carbocycles. The van der Waals surface area contributed by atoms with Crippen molar-refractivity contribution in [2.75, 3.05) is 24.3 Å². The lowest BCUT2D eigenvalue weighted by molar-refractivity contribution is 0.102. The van der Waals surface area contributed by atoms with Crippen LogP contribution in [0, 0.1) is 6.92 Å². The number of carbonyl (C=O) groups is 1. The van der Waals surface area contributed by atoms with E-state index in [2.05, 4.69) is 21.2 Å². The highest BCUT2D eigenvalue weighted by Gasteiger charge is 2.13. The molecule has 4 heteroatoms. The van der Waals surface area contributed by atoms with Crippen molar-refractivity contribution in [2.45, 2.75) is 6.92 Å². The Labute approximate surface area is 127 Å². The fourth-order valence-corrected chi connectivity index (χ4v) is 2.43. The van der Waals surface area contributed by atoms with E-state index in [0.717, 1.165) is 21.4 Å². The van der Waals surface area contributed by atoms with Crippen molar-refractivity contribution in [3.63, 3.8) is 0 Å². The summed E-state index contributed by atoms with van der Waals surface area (Å²) in [6, 6.07) is 13.4. The zero-order valence-corrected chi connectivity index (χ0v) is 13.4. The third-order valence-corrected chi connectivity index (χ3v) is 4.12. The summed E-state index contributed by atoms with van der Waals surface area (Å²) in [5.41, 5.74) is 3.46. The van der Waals surface area contributed by atoms with Crippen LogP contribution in [-0.4, -0.2) is 20.0 Å². The smallest absolute Gasteiger partial charge is 0.256 e. The first kappa shape index (κ1) is 14.6. The fourth-order valence-electron chi connectivity index (χ4n) is 1.98. The minimum atomic E-state index is -0.116. The van der Waals surface area contributed by atoms with Gasteiger partial charge < -0.3 is 10.2 Å². The number of rotatable bonds is 3. The first-order valence-corrected chi connectivity index (χ1v) is 7.13. The molecular weight excluding hydrogens is 316 g/mol. The molecule has 0 saturated heterocycles. The third kappa shape index (κ3) is 3.02. The van der Waals surface area contributed by atoms with Gasteiger partial charge in [-0.3, -0.25) is 4.79 Å². The van der Waals surface area contributed by atoms with Gasteiger partial charge in [0.1, 0.15) is 0 Å². The van der Waals surface area contributed by atoms with Gasteiger partial charge in [0.2, 0.25) is 0 Å². The van der Waals surface area contributed by atoms with E-state index in [9.17, 15) is 4.79 Å². The van der Waals surface area contributed by atoms with Crippen LogP contribution in [-0.2, 0) is 0 Å². The van der Waals surface area contributed by atoms with Gasteiger partial charge in [0.15, 0.2) is 0 Å². The molecule has 0 saturated carbocycles. The number of amides is 1. The third-order valence-electron chi connectivity index (χ3n) is 3.07. The number of aryl methyl sites for hydroxylation is 1. The van der Waals surface area contributed by atoms with Crippen LogP contribution >= 0.6 is 15.9 Å². The van der Waals surface area contributed by atoms with E-state index in [-0.39, 0.29) is 5.91 Å².